The number of carbonyl (C=O) groups excluding carboxylic acids is 1. The largest absolute Gasteiger partial charge is 0.372 e. The van der Waals surface area contributed by atoms with Gasteiger partial charge in [-0.25, -0.2) is 0 Å². The number of pyridine rings is 2. The fourth-order valence-corrected chi connectivity index (χ4v) is 2.15. The van der Waals surface area contributed by atoms with Crippen LogP contribution in [0.15, 0.2) is 60.2 Å². The normalized spacial score (nSPS) is 19.1. The molecule has 0 saturated carbocycles. The Balaban J connectivity index is 1.88. The van der Waals surface area contributed by atoms with Crippen LogP contribution in [0.4, 0.5) is 0 Å². The summed E-state index contributed by atoms with van der Waals surface area (Å²) in [5.41, 5.74) is 3.08. The number of ether oxygens (including phenoxy) is 1. The van der Waals surface area contributed by atoms with E-state index in [0.717, 1.165) is 11.1 Å². The molecule has 0 spiro atoms. The highest BCUT2D eigenvalue weighted by Crippen LogP contribution is 2.19. The summed E-state index contributed by atoms with van der Waals surface area (Å²) < 4.78 is 5.51. The minimum absolute atomic E-state index is 0.0222. The van der Waals surface area contributed by atoms with E-state index >= 15 is 0 Å². The predicted octanol–water partition coefficient (Wildman–Crippen LogP) is 2.54. The van der Waals surface area contributed by atoms with Gasteiger partial charge in [0.2, 0.25) is 0 Å². The summed E-state index contributed by atoms with van der Waals surface area (Å²) in [5, 5.41) is 0. The molecule has 0 radical (unpaired) electrons. The van der Waals surface area contributed by atoms with Gasteiger partial charge in [0.25, 0.3) is 0 Å². The standard InChI is InChI=1S/C17H14N2O2/c20-17-15(7-13-3-1-5-18-9-13)11-21-12-16(17)8-14-4-2-6-19-10-14/h1-10H,11-12H2/b15-7-,16-8-. The van der Waals surface area contributed by atoms with Gasteiger partial charge in [-0.1, -0.05) is 12.1 Å². The highest BCUT2D eigenvalue weighted by Gasteiger charge is 2.21. The Labute approximate surface area is 122 Å². The second-order valence-corrected chi connectivity index (χ2v) is 4.73. The Morgan fingerprint density at radius 1 is 0.905 bits per heavy atom. The molecule has 0 atom stereocenters. The maximum absolute atomic E-state index is 12.5. The molecule has 1 aliphatic rings. The summed E-state index contributed by atoms with van der Waals surface area (Å²) in [6.07, 6.45) is 10.5. The van der Waals surface area contributed by atoms with Crippen molar-refractivity contribution < 1.29 is 9.53 Å². The van der Waals surface area contributed by atoms with E-state index in [9.17, 15) is 4.79 Å². The molecule has 4 nitrogen and oxygen atoms in total. The van der Waals surface area contributed by atoms with E-state index in [0.29, 0.717) is 24.4 Å². The van der Waals surface area contributed by atoms with Gasteiger partial charge in [-0.3, -0.25) is 14.8 Å². The Morgan fingerprint density at radius 2 is 1.43 bits per heavy atom. The van der Waals surface area contributed by atoms with Crippen molar-refractivity contribution in [3.63, 3.8) is 0 Å². The second kappa shape index (κ2) is 6.24. The molecular formula is C17H14N2O2. The van der Waals surface area contributed by atoms with Gasteiger partial charge in [0.15, 0.2) is 5.78 Å². The number of rotatable bonds is 2. The predicted molar refractivity (Wildman–Crippen MR) is 80.3 cm³/mol. The van der Waals surface area contributed by atoms with Crippen molar-refractivity contribution in [3.8, 4) is 0 Å². The van der Waals surface area contributed by atoms with Crippen molar-refractivity contribution in [1.82, 2.24) is 9.97 Å². The molecule has 0 aliphatic carbocycles. The summed E-state index contributed by atoms with van der Waals surface area (Å²) >= 11 is 0. The molecule has 0 amide bonds. The average Bonchev–Trinajstić information content (AvgIpc) is 2.53. The van der Waals surface area contributed by atoms with Crippen LogP contribution in [-0.2, 0) is 9.53 Å². The molecule has 1 fully saturated rings. The van der Waals surface area contributed by atoms with E-state index in [1.165, 1.54) is 0 Å². The Hall–Kier alpha value is -2.59. The van der Waals surface area contributed by atoms with Gasteiger partial charge in [-0.05, 0) is 35.4 Å². The van der Waals surface area contributed by atoms with Crippen molar-refractivity contribution in [1.29, 1.82) is 0 Å². The number of hydrogen-bond donors (Lipinski definition) is 0. The summed E-state index contributed by atoms with van der Waals surface area (Å²) in [4.78, 5) is 20.6. The highest BCUT2D eigenvalue weighted by molar-refractivity contribution is 6.14. The van der Waals surface area contributed by atoms with Crippen LogP contribution in [0.1, 0.15) is 11.1 Å². The van der Waals surface area contributed by atoms with Crippen molar-refractivity contribution in [3.05, 3.63) is 71.3 Å². The van der Waals surface area contributed by atoms with Gasteiger partial charge in [0, 0.05) is 35.9 Å². The van der Waals surface area contributed by atoms with E-state index < -0.39 is 0 Å². The van der Waals surface area contributed by atoms with Gasteiger partial charge >= 0.3 is 0 Å². The highest BCUT2D eigenvalue weighted by atomic mass is 16.5. The molecular weight excluding hydrogens is 264 g/mol. The smallest absolute Gasteiger partial charge is 0.189 e. The number of carbonyl (C=O) groups is 1. The van der Waals surface area contributed by atoms with Crippen LogP contribution < -0.4 is 0 Å². The zero-order chi connectivity index (χ0) is 14.5. The first-order valence-electron chi connectivity index (χ1n) is 6.66. The van der Waals surface area contributed by atoms with E-state index in [-0.39, 0.29) is 5.78 Å². The minimum Gasteiger partial charge on any atom is -0.372 e. The van der Waals surface area contributed by atoms with Crippen LogP contribution in [0.3, 0.4) is 0 Å². The SMILES string of the molecule is O=C1/C(=C\c2cccnc2)COC/C1=C/c1cccnc1. The van der Waals surface area contributed by atoms with Crippen molar-refractivity contribution >= 4 is 17.9 Å². The van der Waals surface area contributed by atoms with Crippen LogP contribution in [0.2, 0.25) is 0 Å². The molecule has 0 unspecified atom stereocenters. The van der Waals surface area contributed by atoms with Crippen molar-refractivity contribution in [2.24, 2.45) is 0 Å². The number of Topliss-reactive ketones (excluding diaryl/α,β-unsaturated/α-hetero) is 1. The molecule has 104 valence electrons. The monoisotopic (exact) mass is 278 g/mol. The first-order chi connectivity index (χ1) is 10.3. The lowest BCUT2D eigenvalue weighted by Crippen LogP contribution is -2.21. The average molecular weight is 278 g/mol. The number of hydrogen-bond acceptors (Lipinski definition) is 4. The van der Waals surface area contributed by atoms with Gasteiger partial charge < -0.3 is 4.74 Å². The van der Waals surface area contributed by atoms with Crippen LogP contribution in [0, 0.1) is 0 Å². The van der Waals surface area contributed by atoms with Crippen LogP contribution in [-0.4, -0.2) is 29.0 Å². The van der Waals surface area contributed by atoms with Gasteiger partial charge in [0.05, 0.1) is 13.2 Å². The van der Waals surface area contributed by atoms with Crippen LogP contribution >= 0.6 is 0 Å². The van der Waals surface area contributed by atoms with Crippen molar-refractivity contribution in [2.45, 2.75) is 0 Å². The molecule has 0 aromatic carbocycles. The third kappa shape index (κ3) is 3.30. The molecule has 0 bridgehead atoms. The quantitative estimate of drug-likeness (QED) is 0.792. The molecule has 0 N–H and O–H groups in total. The summed E-state index contributed by atoms with van der Waals surface area (Å²) in [6.45, 7) is 0.663. The molecule has 2 aromatic heterocycles. The van der Waals surface area contributed by atoms with E-state index in [1.807, 2.05) is 36.4 Å². The van der Waals surface area contributed by atoms with Gasteiger partial charge in [-0.2, -0.15) is 0 Å². The Bertz CT molecular complexity index is 632. The fraction of sp³-hybridized carbons (Fsp3) is 0.118. The molecule has 3 rings (SSSR count). The molecule has 21 heavy (non-hydrogen) atoms. The lowest BCUT2D eigenvalue weighted by Gasteiger charge is -2.17. The lowest BCUT2D eigenvalue weighted by atomic mass is 9.98. The zero-order valence-corrected chi connectivity index (χ0v) is 11.4. The molecule has 1 aliphatic heterocycles. The number of aromatic nitrogens is 2. The Kier molecular flexibility index (Phi) is 3.98. The second-order valence-electron chi connectivity index (χ2n) is 4.73. The van der Waals surface area contributed by atoms with E-state index in [1.54, 1.807) is 24.8 Å². The molecule has 3 heterocycles. The van der Waals surface area contributed by atoms with Crippen LogP contribution in [0.25, 0.3) is 12.2 Å². The third-order valence-electron chi connectivity index (χ3n) is 3.15. The lowest BCUT2D eigenvalue weighted by molar-refractivity contribution is -0.114. The Morgan fingerprint density at radius 3 is 1.86 bits per heavy atom. The van der Waals surface area contributed by atoms with Gasteiger partial charge in [0.1, 0.15) is 0 Å². The fourth-order valence-electron chi connectivity index (χ4n) is 2.15. The summed E-state index contributed by atoms with van der Waals surface area (Å²) in [7, 11) is 0. The van der Waals surface area contributed by atoms with E-state index in [4.69, 9.17) is 4.74 Å². The molecule has 1 saturated heterocycles. The maximum atomic E-state index is 12.5. The third-order valence-corrected chi connectivity index (χ3v) is 3.15. The summed E-state index contributed by atoms with van der Waals surface area (Å²) in [6, 6.07) is 7.50. The van der Waals surface area contributed by atoms with Gasteiger partial charge in [-0.15, -0.1) is 0 Å². The molecule has 2 aromatic rings. The number of nitrogens with zero attached hydrogens (tertiary/aromatic N) is 2. The van der Waals surface area contributed by atoms with E-state index in [2.05, 4.69) is 9.97 Å². The zero-order valence-electron chi connectivity index (χ0n) is 11.4. The first kappa shape index (κ1) is 13.4. The van der Waals surface area contributed by atoms with Crippen molar-refractivity contribution in [2.75, 3.05) is 13.2 Å². The minimum atomic E-state index is 0.0222. The van der Waals surface area contributed by atoms with Crippen LogP contribution in [0.5, 0.6) is 0 Å². The summed E-state index contributed by atoms with van der Waals surface area (Å²) in [5.74, 6) is 0.0222. The topological polar surface area (TPSA) is 52.1 Å². The maximum Gasteiger partial charge on any atom is 0.189 e. The first-order valence-corrected chi connectivity index (χ1v) is 6.66. The number of ketones is 1. The molecule has 4 heteroatoms.